The smallest absolute Gasteiger partial charge is 0.308 e. The number of ether oxygens (including phenoxy) is 1. The Balaban J connectivity index is 1.88. The maximum absolute atomic E-state index is 12.0. The van der Waals surface area contributed by atoms with Crippen molar-refractivity contribution < 1.29 is 19.7 Å². The van der Waals surface area contributed by atoms with Crippen molar-refractivity contribution in [2.45, 2.75) is 77.9 Å². The van der Waals surface area contributed by atoms with Crippen molar-refractivity contribution in [1.82, 2.24) is 0 Å². The Hall–Kier alpha value is -0.610. The minimum absolute atomic E-state index is 0.0724. The van der Waals surface area contributed by atoms with Gasteiger partial charge in [-0.05, 0) is 73.5 Å². The molecule has 0 aliphatic heterocycles. The molecule has 3 saturated carbocycles. The largest absolute Gasteiger partial charge is 0.469 e. The topological polar surface area (TPSA) is 66.8 Å². The second-order valence-corrected chi connectivity index (χ2v) is 9.38. The highest BCUT2D eigenvalue weighted by atomic mass is 16.5. The molecule has 0 aromatic carbocycles. The van der Waals surface area contributed by atoms with Crippen molar-refractivity contribution in [2.24, 2.45) is 34.5 Å². The molecule has 24 heavy (non-hydrogen) atoms. The van der Waals surface area contributed by atoms with Crippen LogP contribution in [0.3, 0.4) is 0 Å². The lowest BCUT2D eigenvalue weighted by molar-refractivity contribution is -0.162. The predicted molar refractivity (Wildman–Crippen MR) is 92.2 cm³/mol. The van der Waals surface area contributed by atoms with Gasteiger partial charge in [-0.1, -0.05) is 20.8 Å². The third-order valence-corrected chi connectivity index (χ3v) is 8.04. The highest BCUT2D eigenvalue weighted by Crippen LogP contribution is 2.63. The molecule has 0 spiro atoms. The molecule has 4 nitrogen and oxygen atoms in total. The van der Waals surface area contributed by atoms with Crippen LogP contribution in [0.25, 0.3) is 0 Å². The summed E-state index contributed by atoms with van der Waals surface area (Å²) in [4.78, 5) is 12.0. The van der Waals surface area contributed by atoms with Crippen LogP contribution in [-0.2, 0) is 9.53 Å². The van der Waals surface area contributed by atoms with Gasteiger partial charge in [0, 0.05) is 0 Å². The lowest BCUT2D eigenvalue weighted by Gasteiger charge is -2.61. The molecule has 3 aliphatic carbocycles. The first kappa shape index (κ1) is 18.2. The van der Waals surface area contributed by atoms with Crippen LogP contribution in [0.15, 0.2) is 0 Å². The SMILES string of the molecule is COC(=O)C1CCC2C(CCC3C(C)(C)C(O)CCC23C)C(O)C1. The Morgan fingerprint density at radius 3 is 2.42 bits per heavy atom. The average Bonchev–Trinajstić information content (AvgIpc) is 2.71. The van der Waals surface area contributed by atoms with Gasteiger partial charge < -0.3 is 14.9 Å². The fraction of sp³-hybridized carbons (Fsp3) is 0.950. The fourth-order valence-electron chi connectivity index (χ4n) is 6.62. The van der Waals surface area contributed by atoms with E-state index < -0.39 is 6.10 Å². The minimum atomic E-state index is -0.408. The molecule has 0 saturated heterocycles. The quantitative estimate of drug-likeness (QED) is 0.721. The summed E-state index contributed by atoms with van der Waals surface area (Å²) in [6.07, 6.45) is 5.66. The second-order valence-electron chi connectivity index (χ2n) is 9.38. The number of fused-ring (bicyclic) bond motifs is 3. The lowest BCUT2D eigenvalue weighted by atomic mass is 9.45. The lowest BCUT2D eigenvalue weighted by Crippen LogP contribution is -2.57. The summed E-state index contributed by atoms with van der Waals surface area (Å²) in [5.74, 6) is 0.866. The van der Waals surface area contributed by atoms with Gasteiger partial charge in [-0.15, -0.1) is 0 Å². The molecular formula is C20H34O4. The van der Waals surface area contributed by atoms with Crippen molar-refractivity contribution in [2.75, 3.05) is 7.11 Å². The van der Waals surface area contributed by atoms with E-state index in [2.05, 4.69) is 20.8 Å². The van der Waals surface area contributed by atoms with Gasteiger partial charge in [-0.25, -0.2) is 0 Å². The molecule has 7 unspecified atom stereocenters. The Morgan fingerprint density at radius 2 is 1.75 bits per heavy atom. The Labute approximate surface area is 146 Å². The van der Waals surface area contributed by atoms with E-state index in [1.165, 1.54) is 7.11 Å². The molecule has 0 aromatic rings. The van der Waals surface area contributed by atoms with Crippen molar-refractivity contribution in [3.63, 3.8) is 0 Å². The molecule has 3 fully saturated rings. The summed E-state index contributed by atoms with van der Waals surface area (Å²) in [5, 5.41) is 21.4. The summed E-state index contributed by atoms with van der Waals surface area (Å²) < 4.78 is 4.94. The van der Waals surface area contributed by atoms with Crippen molar-refractivity contribution >= 4 is 5.97 Å². The van der Waals surface area contributed by atoms with E-state index >= 15 is 0 Å². The van der Waals surface area contributed by atoms with E-state index in [4.69, 9.17) is 4.74 Å². The van der Waals surface area contributed by atoms with Crippen LogP contribution in [0.5, 0.6) is 0 Å². The second kappa shape index (κ2) is 6.28. The van der Waals surface area contributed by atoms with Crippen LogP contribution >= 0.6 is 0 Å². The molecule has 0 aromatic heterocycles. The zero-order chi connectivity index (χ0) is 17.7. The van der Waals surface area contributed by atoms with E-state index in [0.29, 0.717) is 18.3 Å². The molecule has 138 valence electrons. The first-order valence-electron chi connectivity index (χ1n) is 9.65. The first-order valence-corrected chi connectivity index (χ1v) is 9.65. The highest BCUT2D eigenvalue weighted by molar-refractivity contribution is 5.72. The molecule has 0 heterocycles. The summed E-state index contributed by atoms with van der Waals surface area (Å²) >= 11 is 0. The van der Waals surface area contributed by atoms with Gasteiger partial charge in [0.05, 0.1) is 25.2 Å². The molecular weight excluding hydrogens is 304 g/mol. The Bertz CT molecular complexity index is 488. The molecule has 2 N–H and O–H groups in total. The van der Waals surface area contributed by atoms with Crippen molar-refractivity contribution in [3.05, 3.63) is 0 Å². The normalized spacial score (nSPS) is 47.9. The monoisotopic (exact) mass is 338 g/mol. The first-order chi connectivity index (χ1) is 11.2. The van der Waals surface area contributed by atoms with Gasteiger partial charge in [-0.2, -0.15) is 0 Å². The van der Waals surface area contributed by atoms with Gasteiger partial charge in [-0.3, -0.25) is 4.79 Å². The maximum atomic E-state index is 12.0. The third kappa shape index (κ3) is 2.70. The van der Waals surface area contributed by atoms with Gasteiger partial charge >= 0.3 is 5.97 Å². The van der Waals surface area contributed by atoms with Crippen LogP contribution in [0, 0.1) is 34.5 Å². The number of esters is 1. The standard InChI is InChI=1S/C20H34O4/c1-19(2)16-8-6-13-14(20(16,3)10-9-17(19)22)7-5-12(11-15(13)21)18(23)24-4/h12-17,21-22H,5-11H2,1-4H3. The molecule has 0 radical (unpaired) electrons. The van der Waals surface area contributed by atoms with Crippen LogP contribution in [0.1, 0.15) is 65.7 Å². The highest BCUT2D eigenvalue weighted by Gasteiger charge is 2.58. The van der Waals surface area contributed by atoms with E-state index in [1.54, 1.807) is 0 Å². The molecule has 0 bridgehead atoms. The average molecular weight is 338 g/mol. The van der Waals surface area contributed by atoms with Gasteiger partial charge in [0.25, 0.3) is 0 Å². The van der Waals surface area contributed by atoms with Crippen molar-refractivity contribution in [3.8, 4) is 0 Å². The predicted octanol–water partition coefficient (Wildman–Crippen LogP) is 3.15. The number of aliphatic hydroxyl groups excluding tert-OH is 2. The zero-order valence-electron chi connectivity index (χ0n) is 15.6. The number of hydrogen-bond donors (Lipinski definition) is 2. The number of carbonyl (C=O) groups excluding carboxylic acids is 1. The summed E-state index contributed by atoms with van der Waals surface area (Å²) in [6.45, 7) is 6.81. The van der Waals surface area contributed by atoms with E-state index in [0.717, 1.165) is 38.5 Å². The molecule has 3 rings (SSSR count). The summed E-state index contributed by atoms with van der Waals surface area (Å²) in [6, 6.07) is 0. The van der Waals surface area contributed by atoms with Crippen LogP contribution in [0.2, 0.25) is 0 Å². The van der Waals surface area contributed by atoms with Gasteiger partial charge in [0.1, 0.15) is 0 Å². The zero-order valence-corrected chi connectivity index (χ0v) is 15.6. The van der Waals surface area contributed by atoms with Crippen LogP contribution in [0.4, 0.5) is 0 Å². The van der Waals surface area contributed by atoms with Crippen LogP contribution < -0.4 is 0 Å². The molecule has 3 aliphatic rings. The van der Waals surface area contributed by atoms with Crippen LogP contribution in [-0.4, -0.2) is 35.5 Å². The summed E-state index contributed by atoms with van der Waals surface area (Å²) in [7, 11) is 1.44. The van der Waals surface area contributed by atoms with E-state index in [-0.39, 0.29) is 34.7 Å². The number of rotatable bonds is 1. The van der Waals surface area contributed by atoms with E-state index in [9.17, 15) is 15.0 Å². The number of hydrogen-bond acceptors (Lipinski definition) is 4. The number of carbonyl (C=O) groups is 1. The number of methoxy groups -OCH3 is 1. The van der Waals surface area contributed by atoms with E-state index in [1.807, 2.05) is 0 Å². The summed E-state index contributed by atoms with van der Waals surface area (Å²) in [5.41, 5.74) is 0.0780. The fourth-order valence-corrected chi connectivity index (χ4v) is 6.62. The Kier molecular flexibility index (Phi) is 4.76. The molecule has 7 atom stereocenters. The third-order valence-electron chi connectivity index (χ3n) is 8.04. The number of aliphatic hydroxyl groups is 2. The van der Waals surface area contributed by atoms with Gasteiger partial charge in [0.15, 0.2) is 0 Å². The minimum Gasteiger partial charge on any atom is -0.469 e. The maximum Gasteiger partial charge on any atom is 0.308 e. The Morgan fingerprint density at radius 1 is 1.04 bits per heavy atom. The van der Waals surface area contributed by atoms with Gasteiger partial charge in [0.2, 0.25) is 0 Å². The van der Waals surface area contributed by atoms with Crippen molar-refractivity contribution in [1.29, 1.82) is 0 Å². The molecule has 0 amide bonds. The molecule has 4 heteroatoms.